The van der Waals surface area contributed by atoms with Gasteiger partial charge in [0.25, 0.3) is 5.56 Å². The number of halogens is 2. The lowest BCUT2D eigenvalue weighted by molar-refractivity contribution is 0.549. The molecule has 6 heteroatoms. The number of nitrogens with one attached hydrogen (secondary N) is 1. The van der Waals surface area contributed by atoms with Crippen LogP contribution >= 0.6 is 27.5 Å². The van der Waals surface area contributed by atoms with Crippen molar-refractivity contribution in [3.05, 3.63) is 49.2 Å². The number of hydrogen-bond donors (Lipinski definition) is 2. The average molecular weight is 331 g/mol. The zero-order valence-electron chi connectivity index (χ0n) is 10.00. The third-order valence-electron chi connectivity index (χ3n) is 3.00. The second-order valence-electron chi connectivity index (χ2n) is 4.18. The second kappa shape index (κ2) is 4.82. The lowest BCUT2D eigenvalue weighted by atomic mass is 10.1. The van der Waals surface area contributed by atoms with Crippen LogP contribution in [0.15, 0.2) is 27.5 Å². The molecule has 1 heterocycles. The third kappa shape index (κ3) is 2.20. The number of hydrogen-bond acceptors (Lipinski definition) is 2. The van der Waals surface area contributed by atoms with E-state index in [1.807, 2.05) is 25.1 Å². The Morgan fingerprint density at radius 1 is 1.50 bits per heavy atom. The Bertz CT molecular complexity index is 647. The van der Waals surface area contributed by atoms with Crippen molar-refractivity contribution in [2.24, 2.45) is 0 Å². The highest BCUT2D eigenvalue weighted by Crippen LogP contribution is 2.27. The van der Waals surface area contributed by atoms with E-state index in [1.54, 1.807) is 6.92 Å². The van der Waals surface area contributed by atoms with Crippen molar-refractivity contribution in [3.63, 3.8) is 0 Å². The fraction of sp³-hybridized carbons (Fsp3) is 0.250. The molecule has 1 atom stereocenters. The van der Waals surface area contributed by atoms with E-state index in [0.717, 1.165) is 10.0 Å². The van der Waals surface area contributed by atoms with Crippen LogP contribution in [0.1, 0.15) is 24.1 Å². The van der Waals surface area contributed by atoms with Gasteiger partial charge in [-0.2, -0.15) is 0 Å². The van der Waals surface area contributed by atoms with Gasteiger partial charge in [0, 0.05) is 4.47 Å². The maximum atomic E-state index is 12.0. The number of nitrogen functional groups attached to an aromatic ring is 1. The van der Waals surface area contributed by atoms with Gasteiger partial charge in [-0.3, -0.25) is 9.89 Å². The monoisotopic (exact) mass is 329 g/mol. The molecule has 96 valence electrons. The van der Waals surface area contributed by atoms with E-state index < -0.39 is 0 Å². The van der Waals surface area contributed by atoms with Gasteiger partial charge in [-0.15, -0.1) is 0 Å². The molecule has 2 rings (SSSR count). The molecule has 0 fully saturated rings. The SMILES string of the molecule is Cc1c(N)[nH]n(C(C)c2ccc(Br)c(Cl)c2)c1=O. The molecule has 0 aliphatic carbocycles. The van der Waals surface area contributed by atoms with Gasteiger partial charge < -0.3 is 5.73 Å². The molecule has 0 saturated carbocycles. The Kier molecular flexibility index (Phi) is 3.54. The summed E-state index contributed by atoms with van der Waals surface area (Å²) in [6.07, 6.45) is 0. The van der Waals surface area contributed by atoms with Gasteiger partial charge in [0.15, 0.2) is 0 Å². The molecular formula is C12H13BrClN3O. The van der Waals surface area contributed by atoms with Crippen LogP contribution < -0.4 is 11.3 Å². The van der Waals surface area contributed by atoms with Crippen molar-refractivity contribution in [1.82, 2.24) is 9.78 Å². The maximum Gasteiger partial charge on any atom is 0.272 e. The van der Waals surface area contributed by atoms with Gasteiger partial charge in [-0.1, -0.05) is 17.7 Å². The minimum absolute atomic E-state index is 0.112. The number of rotatable bonds is 2. The van der Waals surface area contributed by atoms with Crippen LogP contribution in [0.25, 0.3) is 0 Å². The van der Waals surface area contributed by atoms with Crippen LogP contribution in [0.2, 0.25) is 5.02 Å². The molecule has 4 nitrogen and oxygen atoms in total. The first-order chi connectivity index (χ1) is 8.41. The molecule has 1 aromatic heterocycles. The van der Waals surface area contributed by atoms with Crippen molar-refractivity contribution in [2.45, 2.75) is 19.9 Å². The van der Waals surface area contributed by atoms with E-state index in [9.17, 15) is 4.79 Å². The maximum absolute atomic E-state index is 12.0. The number of anilines is 1. The van der Waals surface area contributed by atoms with E-state index in [4.69, 9.17) is 17.3 Å². The van der Waals surface area contributed by atoms with E-state index in [-0.39, 0.29) is 11.6 Å². The molecule has 0 amide bonds. The lowest BCUT2D eigenvalue weighted by Crippen LogP contribution is -2.22. The molecule has 18 heavy (non-hydrogen) atoms. The molecule has 1 unspecified atom stereocenters. The summed E-state index contributed by atoms with van der Waals surface area (Å²) in [7, 11) is 0. The average Bonchev–Trinajstić information content (AvgIpc) is 2.60. The van der Waals surface area contributed by atoms with Crippen molar-refractivity contribution < 1.29 is 0 Å². The third-order valence-corrected chi connectivity index (χ3v) is 4.23. The van der Waals surface area contributed by atoms with E-state index in [2.05, 4.69) is 21.0 Å². The summed E-state index contributed by atoms with van der Waals surface area (Å²) in [5.74, 6) is 0.398. The topological polar surface area (TPSA) is 63.8 Å². The smallest absolute Gasteiger partial charge is 0.272 e. The van der Waals surface area contributed by atoms with E-state index in [1.165, 1.54) is 4.68 Å². The molecule has 0 radical (unpaired) electrons. The number of H-pyrrole nitrogens is 1. The number of aromatic nitrogens is 2. The van der Waals surface area contributed by atoms with Crippen molar-refractivity contribution in [2.75, 3.05) is 5.73 Å². The van der Waals surface area contributed by atoms with Crippen LogP contribution in [-0.4, -0.2) is 9.78 Å². The first-order valence-corrected chi connectivity index (χ1v) is 6.60. The summed E-state index contributed by atoms with van der Waals surface area (Å²) in [4.78, 5) is 12.0. The van der Waals surface area contributed by atoms with Gasteiger partial charge in [0.2, 0.25) is 0 Å². The molecule has 0 aliphatic heterocycles. The van der Waals surface area contributed by atoms with Gasteiger partial charge in [0.05, 0.1) is 16.6 Å². The van der Waals surface area contributed by atoms with Gasteiger partial charge in [-0.05, 0) is 47.5 Å². The minimum atomic E-state index is -0.154. The Morgan fingerprint density at radius 3 is 2.67 bits per heavy atom. The standard InChI is InChI=1S/C12H13BrClN3O/c1-6-11(15)16-17(12(6)18)7(2)8-3-4-9(13)10(14)5-8/h3-5,7,16H,15H2,1-2H3. The second-order valence-corrected chi connectivity index (χ2v) is 5.44. The summed E-state index contributed by atoms with van der Waals surface area (Å²) in [6, 6.07) is 5.45. The lowest BCUT2D eigenvalue weighted by Gasteiger charge is -2.13. The highest BCUT2D eigenvalue weighted by atomic mass is 79.9. The van der Waals surface area contributed by atoms with Crippen molar-refractivity contribution in [1.29, 1.82) is 0 Å². The molecule has 2 aromatic rings. The summed E-state index contributed by atoms with van der Waals surface area (Å²) in [5.41, 5.74) is 7.06. The highest BCUT2D eigenvalue weighted by Gasteiger charge is 2.15. The fourth-order valence-corrected chi connectivity index (χ4v) is 2.19. The van der Waals surface area contributed by atoms with Crippen LogP contribution in [0, 0.1) is 6.92 Å². The van der Waals surface area contributed by atoms with Crippen LogP contribution in [0.4, 0.5) is 5.82 Å². The Hall–Kier alpha value is -1.20. The molecule has 0 spiro atoms. The molecule has 1 aromatic carbocycles. The Morgan fingerprint density at radius 2 is 2.17 bits per heavy atom. The molecular weight excluding hydrogens is 318 g/mol. The largest absolute Gasteiger partial charge is 0.384 e. The molecule has 3 N–H and O–H groups in total. The van der Waals surface area contributed by atoms with Crippen LogP contribution in [0.5, 0.6) is 0 Å². The number of nitrogens with zero attached hydrogens (tertiary/aromatic N) is 1. The molecule has 0 bridgehead atoms. The van der Waals surface area contributed by atoms with E-state index >= 15 is 0 Å². The van der Waals surface area contributed by atoms with Crippen molar-refractivity contribution in [3.8, 4) is 0 Å². The zero-order chi connectivity index (χ0) is 13.4. The quantitative estimate of drug-likeness (QED) is 0.888. The fourth-order valence-electron chi connectivity index (χ4n) is 1.75. The molecule has 0 aliphatic rings. The predicted molar refractivity (Wildman–Crippen MR) is 77.2 cm³/mol. The van der Waals surface area contributed by atoms with Crippen molar-refractivity contribution >= 4 is 33.3 Å². The first-order valence-electron chi connectivity index (χ1n) is 5.43. The predicted octanol–water partition coefficient (Wildman–Crippen LogP) is 3.09. The molecule has 0 saturated heterocycles. The van der Waals surface area contributed by atoms with E-state index in [0.29, 0.717) is 16.4 Å². The van der Waals surface area contributed by atoms with Gasteiger partial charge >= 0.3 is 0 Å². The normalized spacial score (nSPS) is 12.7. The summed E-state index contributed by atoms with van der Waals surface area (Å²) < 4.78 is 2.33. The summed E-state index contributed by atoms with van der Waals surface area (Å²) in [5, 5.41) is 3.49. The Balaban J connectivity index is 2.47. The van der Waals surface area contributed by atoms with Crippen LogP contribution in [0.3, 0.4) is 0 Å². The highest BCUT2D eigenvalue weighted by molar-refractivity contribution is 9.10. The van der Waals surface area contributed by atoms with Crippen LogP contribution in [-0.2, 0) is 0 Å². The minimum Gasteiger partial charge on any atom is -0.384 e. The number of benzene rings is 1. The summed E-state index contributed by atoms with van der Waals surface area (Å²) >= 11 is 9.39. The van der Waals surface area contributed by atoms with Gasteiger partial charge in [-0.25, -0.2) is 4.68 Å². The number of nitrogens with two attached hydrogens (primary N) is 1. The first kappa shape index (κ1) is 13.2. The summed E-state index contributed by atoms with van der Waals surface area (Å²) in [6.45, 7) is 3.61. The zero-order valence-corrected chi connectivity index (χ0v) is 12.3. The number of aromatic amines is 1. The van der Waals surface area contributed by atoms with Gasteiger partial charge in [0.1, 0.15) is 5.82 Å². The Labute approximate surface area is 118 Å².